The molecular weight excluding hydrogens is 382 g/mol. The average Bonchev–Trinajstić information content (AvgIpc) is 3.01. The van der Waals surface area contributed by atoms with Gasteiger partial charge in [0.1, 0.15) is 18.4 Å². The number of rotatable bonds is 7. The molecule has 10 nitrogen and oxygen atoms in total. The average molecular weight is 409 g/mol. The number of hydrogen-bond donors (Lipinski definition) is 3. The summed E-state index contributed by atoms with van der Waals surface area (Å²) in [5.41, 5.74) is -0.798. The molecule has 1 saturated heterocycles. The Balaban J connectivity index is 2.05. The summed E-state index contributed by atoms with van der Waals surface area (Å²) < 4.78 is 11.8. The topological polar surface area (TPSA) is 140 Å². The van der Waals surface area contributed by atoms with Crippen LogP contribution < -0.4 is 16.6 Å². The lowest BCUT2D eigenvalue weighted by Crippen LogP contribution is -2.44. The Hall–Kier alpha value is -2.72. The van der Waals surface area contributed by atoms with Crippen LogP contribution in [0.25, 0.3) is 0 Å². The van der Waals surface area contributed by atoms with E-state index in [4.69, 9.17) is 9.47 Å². The van der Waals surface area contributed by atoms with Crippen LogP contribution >= 0.6 is 0 Å². The molecule has 1 aliphatic rings. The SMILES string of the molecule is CCOC(=O)[C@@H](NC(=O)/C=C/[C@H]1O[C@@H](n2cc(C)c(=O)[nH]c2=O)C[C@@H]1O)C(C)C. The number of carbonyl (C=O) groups excluding carboxylic acids is 2. The van der Waals surface area contributed by atoms with Gasteiger partial charge in [-0.05, 0) is 25.8 Å². The minimum atomic E-state index is -0.950. The highest BCUT2D eigenvalue weighted by Gasteiger charge is 2.34. The molecule has 4 atom stereocenters. The second kappa shape index (κ2) is 9.66. The number of nitrogens with one attached hydrogen (secondary N) is 2. The van der Waals surface area contributed by atoms with E-state index in [9.17, 15) is 24.3 Å². The summed E-state index contributed by atoms with van der Waals surface area (Å²) in [6.07, 6.45) is 1.45. The van der Waals surface area contributed by atoms with Crippen molar-refractivity contribution in [2.75, 3.05) is 6.61 Å². The van der Waals surface area contributed by atoms with Crippen molar-refractivity contribution in [3.63, 3.8) is 0 Å². The zero-order valence-electron chi connectivity index (χ0n) is 16.9. The number of aromatic amines is 1. The molecule has 0 spiro atoms. The predicted octanol–water partition coefficient (Wildman–Crippen LogP) is -0.246. The van der Waals surface area contributed by atoms with Crippen molar-refractivity contribution in [1.29, 1.82) is 0 Å². The molecule has 0 aliphatic carbocycles. The van der Waals surface area contributed by atoms with Crippen molar-refractivity contribution in [3.05, 3.63) is 44.8 Å². The van der Waals surface area contributed by atoms with Crippen LogP contribution in [0, 0.1) is 12.8 Å². The summed E-state index contributed by atoms with van der Waals surface area (Å²) in [7, 11) is 0. The van der Waals surface area contributed by atoms with Gasteiger partial charge in [-0.3, -0.25) is 19.1 Å². The zero-order valence-corrected chi connectivity index (χ0v) is 16.9. The van der Waals surface area contributed by atoms with Gasteiger partial charge in [-0.25, -0.2) is 9.59 Å². The maximum Gasteiger partial charge on any atom is 0.330 e. The Morgan fingerprint density at radius 3 is 2.76 bits per heavy atom. The summed E-state index contributed by atoms with van der Waals surface area (Å²) in [5, 5.41) is 12.8. The second-order valence-corrected chi connectivity index (χ2v) is 7.18. The third-order valence-corrected chi connectivity index (χ3v) is 4.53. The quantitative estimate of drug-likeness (QED) is 0.417. The number of aliphatic hydroxyl groups is 1. The first-order chi connectivity index (χ1) is 13.6. The number of hydrogen-bond acceptors (Lipinski definition) is 7. The van der Waals surface area contributed by atoms with Crippen LogP contribution in [0.5, 0.6) is 0 Å². The third-order valence-electron chi connectivity index (χ3n) is 4.53. The summed E-state index contributed by atoms with van der Waals surface area (Å²) >= 11 is 0. The zero-order chi connectivity index (χ0) is 21.7. The first-order valence-electron chi connectivity index (χ1n) is 9.45. The van der Waals surface area contributed by atoms with E-state index in [0.717, 1.165) is 0 Å². The van der Waals surface area contributed by atoms with Crippen molar-refractivity contribution in [1.82, 2.24) is 14.9 Å². The summed E-state index contributed by atoms with van der Waals surface area (Å²) in [6.45, 7) is 7.01. The fraction of sp³-hybridized carbons (Fsp3) is 0.579. The van der Waals surface area contributed by atoms with Gasteiger partial charge in [0.05, 0.1) is 12.7 Å². The van der Waals surface area contributed by atoms with E-state index < -0.39 is 47.6 Å². The highest BCUT2D eigenvalue weighted by atomic mass is 16.5. The molecular formula is C19H27N3O7. The van der Waals surface area contributed by atoms with Crippen molar-refractivity contribution in [3.8, 4) is 0 Å². The normalized spacial score (nSPS) is 22.8. The number of carbonyl (C=O) groups is 2. The van der Waals surface area contributed by atoms with Gasteiger partial charge in [0.25, 0.3) is 5.56 Å². The smallest absolute Gasteiger partial charge is 0.330 e. The number of esters is 1. The molecule has 2 rings (SSSR count). The number of aliphatic hydroxyl groups excluding tert-OH is 1. The molecule has 29 heavy (non-hydrogen) atoms. The minimum absolute atomic E-state index is 0.111. The van der Waals surface area contributed by atoms with Crippen LogP contribution in [0.15, 0.2) is 27.9 Å². The van der Waals surface area contributed by atoms with E-state index >= 15 is 0 Å². The van der Waals surface area contributed by atoms with Crippen molar-refractivity contribution < 1.29 is 24.2 Å². The molecule has 1 aromatic rings. The summed E-state index contributed by atoms with van der Waals surface area (Å²) in [5.74, 6) is -1.22. The predicted molar refractivity (Wildman–Crippen MR) is 103 cm³/mol. The molecule has 10 heteroatoms. The van der Waals surface area contributed by atoms with E-state index in [0.29, 0.717) is 5.56 Å². The van der Waals surface area contributed by atoms with E-state index in [1.807, 2.05) is 0 Å². The number of ether oxygens (including phenoxy) is 2. The Labute approximate surface area is 167 Å². The number of nitrogens with zero attached hydrogens (tertiary/aromatic N) is 1. The van der Waals surface area contributed by atoms with Crippen LogP contribution in [-0.2, 0) is 19.1 Å². The fourth-order valence-electron chi connectivity index (χ4n) is 2.93. The van der Waals surface area contributed by atoms with Gasteiger partial charge in [0.2, 0.25) is 5.91 Å². The van der Waals surface area contributed by atoms with Crippen LogP contribution in [-0.4, -0.2) is 51.4 Å². The Morgan fingerprint density at radius 1 is 1.45 bits per heavy atom. The molecule has 1 aliphatic heterocycles. The third kappa shape index (κ3) is 5.64. The summed E-state index contributed by atoms with van der Waals surface area (Å²) in [4.78, 5) is 49.8. The van der Waals surface area contributed by atoms with E-state index in [-0.39, 0.29) is 18.9 Å². The largest absolute Gasteiger partial charge is 0.464 e. The maximum absolute atomic E-state index is 12.2. The van der Waals surface area contributed by atoms with Crippen molar-refractivity contribution >= 4 is 11.9 Å². The van der Waals surface area contributed by atoms with E-state index in [1.165, 1.54) is 22.9 Å². The van der Waals surface area contributed by atoms with Crippen LogP contribution in [0.4, 0.5) is 0 Å². The molecule has 1 fully saturated rings. The molecule has 1 amide bonds. The molecule has 0 bridgehead atoms. The number of amides is 1. The molecule has 0 radical (unpaired) electrons. The molecule has 160 valence electrons. The van der Waals surface area contributed by atoms with Gasteiger partial charge in [-0.2, -0.15) is 0 Å². The van der Waals surface area contributed by atoms with E-state index in [2.05, 4.69) is 10.3 Å². The van der Waals surface area contributed by atoms with Crippen LogP contribution in [0.2, 0.25) is 0 Å². The van der Waals surface area contributed by atoms with Gasteiger partial charge in [-0.15, -0.1) is 0 Å². The molecule has 1 aromatic heterocycles. The molecule has 3 N–H and O–H groups in total. The fourth-order valence-corrected chi connectivity index (χ4v) is 2.93. The minimum Gasteiger partial charge on any atom is -0.464 e. The highest BCUT2D eigenvalue weighted by molar-refractivity contribution is 5.91. The standard InChI is InChI=1S/C19H27N3O7/c1-5-28-18(26)16(10(2)3)20-14(24)7-6-13-12(23)8-15(29-13)22-9-11(4)17(25)21-19(22)27/h6-7,9-10,12-13,15-16,23H,5,8H2,1-4H3,(H,20,24)(H,21,25,27)/b7-6+/t12-,13+,15+,16-/m0/s1. The lowest BCUT2D eigenvalue weighted by molar-refractivity contribution is -0.148. The van der Waals surface area contributed by atoms with Crippen molar-refractivity contribution in [2.45, 2.75) is 58.6 Å². The molecule has 0 aromatic carbocycles. The second-order valence-electron chi connectivity index (χ2n) is 7.18. The Bertz CT molecular complexity index is 887. The van der Waals surface area contributed by atoms with Gasteiger partial charge in [-0.1, -0.05) is 13.8 Å². The van der Waals surface area contributed by atoms with Gasteiger partial charge < -0.3 is 19.9 Å². The first-order valence-corrected chi connectivity index (χ1v) is 9.45. The van der Waals surface area contributed by atoms with Crippen molar-refractivity contribution in [2.24, 2.45) is 5.92 Å². The number of aromatic nitrogens is 2. The monoisotopic (exact) mass is 409 g/mol. The van der Waals surface area contributed by atoms with Crippen LogP contribution in [0.1, 0.15) is 39.0 Å². The van der Waals surface area contributed by atoms with Gasteiger partial charge in [0.15, 0.2) is 0 Å². The molecule has 0 unspecified atom stereocenters. The lowest BCUT2D eigenvalue weighted by atomic mass is 10.0. The van der Waals surface area contributed by atoms with E-state index in [1.54, 1.807) is 27.7 Å². The first kappa shape index (κ1) is 22.6. The number of H-pyrrole nitrogens is 1. The maximum atomic E-state index is 12.2. The number of aryl methyl sites for hydroxylation is 1. The van der Waals surface area contributed by atoms with Gasteiger partial charge in [0, 0.05) is 24.3 Å². The molecule has 0 saturated carbocycles. The van der Waals surface area contributed by atoms with Crippen LogP contribution in [0.3, 0.4) is 0 Å². The Kier molecular flexibility index (Phi) is 7.52. The highest BCUT2D eigenvalue weighted by Crippen LogP contribution is 2.28. The Morgan fingerprint density at radius 2 is 2.14 bits per heavy atom. The molecule has 2 heterocycles. The lowest BCUT2D eigenvalue weighted by Gasteiger charge is -2.19. The summed E-state index contributed by atoms with van der Waals surface area (Å²) in [6, 6.07) is -0.794. The van der Waals surface area contributed by atoms with Gasteiger partial charge >= 0.3 is 11.7 Å².